The van der Waals surface area contributed by atoms with Gasteiger partial charge in [-0.15, -0.1) is 11.3 Å². The van der Waals surface area contributed by atoms with Crippen molar-refractivity contribution >= 4 is 21.6 Å². The molecule has 2 aromatic heterocycles. The van der Waals surface area contributed by atoms with E-state index in [0.717, 1.165) is 47.4 Å². The van der Waals surface area contributed by atoms with Crippen LogP contribution in [0.5, 0.6) is 0 Å². The van der Waals surface area contributed by atoms with Gasteiger partial charge in [0.25, 0.3) is 5.56 Å². The summed E-state index contributed by atoms with van der Waals surface area (Å²) in [7, 11) is 0. The van der Waals surface area contributed by atoms with Gasteiger partial charge in [0.1, 0.15) is 10.7 Å². The SMILES string of the molecule is O=c1[nH]c(CN2CCOCC2)nc2sc(-c3ccccc3)cc12. The van der Waals surface area contributed by atoms with E-state index < -0.39 is 0 Å². The van der Waals surface area contributed by atoms with Crippen LogP contribution in [0.2, 0.25) is 0 Å². The van der Waals surface area contributed by atoms with Gasteiger partial charge in [-0.1, -0.05) is 30.3 Å². The maximum absolute atomic E-state index is 12.4. The molecule has 0 bridgehead atoms. The fourth-order valence-corrected chi connectivity index (χ4v) is 3.82. The van der Waals surface area contributed by atoms with Gasteiger partial charge in [-0.25, -0.2) is 4.98 Å². The zero-order valence-electron chi connectivity index (χ0n) is 12.6. The molecule has 0 unspecified atom stereocenters. The first-order chi connectivity index (χ1) is 11.3. The van der Waals surface area contributed by atoms with E-state index in [9.17, 15) is 4.79 Å². The highest BCUT2D eigenvalue weighted by molar-refractivity contribution is 7.21. The van der Waals surface area contributed by atoms with Gasteiger partial charge >= 0.3 is 0 Å². The fourth-order valence-electron chi connectivity index (χ4n) is 2.77. The van der Waals surface area contributed by atoms with E-state index in [-0.39, 0.29) is 5.56 Å². The van der Waals surface area contributed by atoms with Gasteiger partial charge in [-0.3, -0.25) is 9.69 Å². The Bertz CT molecular complexity index is 866. The average Bonchev–Trinajstić information content (AvgIpc) is 3.01. The lowest BCUT2D eigenvalue weighted by Crippen LogP contribution is -2.36. The second kappa shape index (κ2) is 6.23. The minimum atomic E-state index is -0.0586. The number of hydrogen-bond donors (Lipinski definition) is 1. The van der Waals surface area contributed by atoms with Crippen molar-refractivity contribution in [1.82, 2.24) is 14.9 Å². The molecule has 1 aromatic carbocycles. The number of H-pyrrole nitrogens is 1. The van der Waals surface area contributed by atoms with Gasteiger partial charge in [0, 0.05) is 18.0 Å². The molecule has 6 heteroatoms. The molecule has 3 heterocycles. The van der Waals surface area contributed by atoms with Crippen molar-refractivity contribution in [2.75, 3.05) is 26.3 Å². The van der Waals surface area contributed by atoms with E-state index in [2.05, 4.69) is 14.9 Å². The summed E-state index contributed by atoms with van der Waals surface area (Å²) in [6, 6.07) is 12.0. The van der Waals surface area contributed by atoms with Crippen LogP contribution in [0.25, 0.3) is 20.7 Å². The summed E-state index contributed by atoms with van der Waals surface area (Å²) in [6.45, 7) is 3.89. The topological polar surface area (TPSA) is 58.2 Å². The third-order valence-electron chi connectivity index (χ3n) is 3.99. The lowest BCUT2D eigenvalue weighted by molar-refractivity contribution is 0.0331. The highest BCUT2D eigenvalue weighted by Crippen LogP contribution is 2.30. The number of aromatic nitrogens is 2. The molecular formula is C17H17N3O2S. The highest BCUT2D eigenvalue weighted by Gasteiger charge is 2.14. The third-order valence-corrected chi connectivity index (χ3v) is 5.06. The minimum absolute atomic E-state index is 0.0586. The largest absolute Gasteiger partial charge is 0.379 e. The van der Waals surface area contributed by atoms with Crippen molar-refractivity contribution in [1.29, 1.82) is 0 Å². The first-order valence-corrected chi connectivity index (χ1v) is 8.49. The molecule has 4 rings (SSSR count). The van der Waals surface area contributed by atoms with E-state index in [1.165, 1.54) is 0 Å². The number of morpholine rings is 1. The maximum atomic E-state index is 12.4. The number of hydrogen-bond acceptors (Lipinski definition) is 5. The smallest absolute Gasteiger partial charge is 0.259 e. The molecule has 1 saturated heterocycles. The van der Waals surface area contributed by atoms with Gasteiger partial charge in [0.05, 0.1) is 25.1 Å². The molecule has 118 valence electrons. The first-order valence-electron chi connectivity index (χ1n) is 7.68. The summed E-state index contributed by atoms with van der Waals surface area (Å²) >= 11 is 1.57. The number of fused-ring (bicyclic) bond motifs is 1. The van der Waals surface area contributed by atoms with Crippen LogP contribution in [0.15, 0.2) is 41.2 Å². The Labute approximate surface area is 137 Å². The number of nitrogens with zero attached hydrogens (tertiary/aromatic N) is 2. The summed E-state index contributed by atoms with van der Waals surface area (Å²) in [5.74, 6) is 0.728. The Morgan fingerprint density at radius 2 is 2.00 bits per heavy atom. The molecule has 0 radical (unpaired) electrons. The Hall–Kier alpha value is -2.02. The second-order valence-corrected chi connectivity index (χ2v) is 6.63. The zero-order valence-corrected chi connectivity index (χ0v) is 13.4. The van der Waals surface area contributed by atoms with Gasteiger partial charge in [0.15, 0.2) is 0 Å². The van der Waals surface area contributed by atoms with Gasteiger partial charge in [-0.05, 0) is 11.6 Å². The fraction of sp³-hybridized carbons (Fsp3) is 0.294. The quantitative estimate of drug-likeness (QED) is 0.803. The van der Waals surface area contributed by atoms with Gasteiger partial charge in [0.2, 0.25) is 0 Å². The average molecular weight is 327 g/mol. The Morgan fingerprint density at radius 3 is 2.78 bits per heavy atom. The maximum Gasteiger partial charge on any atom is 0.259 e. The monoisotopic (exact) mass is 327 g/mol. The molecule has 0 spiro atoms. The van der Waals surface area contributed by atoms with Crippen molar-refractivity contribution in [3.05, 3.63) is 52.6 Å². The van der Waals surface area contributed by atoms with E-state index >= 15 is 0 Å². The molecule has 1 aliphatic heterocycles. The number of thiophene rings is 1. The lowest BCUT2D eigenvalue weighted by atomic mass is 10.2. The molecule has 1 fully saturated rings. The number of ether oxygens (including phenoxy) is 1. The van der Waals surface area contributed by atoms with Crippen LogP contribution in [0, 0.1) is 0 Å². The van der Waals surface area contributed by atoms with Crippen LogP contribution in [0.4, 0.5) is 0 Å². The summed E-state index contributed by atoms with van der Waals surface area (Å²) in [5.41, 5.74) is 1.06. The van der Waals surface area contributed by atoms with Crippen molar-refractivity contribution in [3.63, 3.8) is 0 Å². The molecular weight excluding hydrogens is 310 g/mol. The first kappa shape index (κ1) is 14.6. The molecule has 0 saturated carbocycles. The van der Waals surface area contributed by atoms with E-state index in [1.54, 1.807) is 11.3 Å². The molecule has 0 atom stereocenters. The van der Waals surface area contributed by atoms with Crippen LogP contribution in [0.1, 0.15) is 5.82 Å². The van der Waals surface area contributed by atoms with Crippen molar-refractivity contribution in [2.24, 2.45) is 0 Å². The summed E-state index contributed by atoms with van der Waals surface area (Å²) in [5, 5.41) is 0.666. The van der Waals surface area contributed by atoms with E-state index in [1.807, 2.05) is 36.4 Å². The Balaban J connectivity index is 1.68. The predicted octanol–water partition coefficient (Wildman–Crippen LogP) is 2.48. The number of aromatic amines is 1. The highest BCUT2D eigenvalue weighted by atomic mass is 32.1. The third kappa shape index (κ3) is 3.06. The molecule has 1 aliphatic rings. The normalized spacial score (nSPS) is 16.0. The molecule has 23 heavy (non-hydrogen) atoms. The molecule has 0 aliphatic carbocycles. The molecule has 1 N–H and O–H groups in total. The lowest BCUT2D eigenvalue weighted by Gasteiger charge is -2.25. The van der Waals surface area contributed by atoms with Crippen LogP contribution < -0.4 is 5.56 Å². The standard InChI is InChI=1S/C17H17N3O2S/c21-16-13-10-14(12-4-2-1-3-5-12)23-17(13)19-15(18-16)11-20-6-8-22-9-7-20/h1-5,10H,6-9,11H2,(H,18,19,21). The van der Waals surface area contributed by atoms with Gasteiger partial charge < -0.3 is 9.72 Å². The zero-order chi connectivity index (χ0) is 15.6. The van der Waals surface area contributed by atoms with Crippen molar-refractivity contribution in [2.45, 2.75) is 6.54 Å². The van der Waals surface area contributed by atoms with Gasteiger partial charge in [-0.2, -0.15) is 0 Å². The van der Waals surface area contributed by atoms with Crippen molar-refractivity contribution in [3.8, 4) is 10.4 Å². The number of rotatable bonds is 3. The molecule has 5 nitrogen and oxygen atoms in total. The summed E-state index contributed by atoms with van der Waals surface area (Å²) in [6.07, 6.45) is 0. The van der Waals surface area contributed by atoms with Crippen LogP contribution in [0.3, 0.4) is 0 Å². The van der Waals surface area contributed by atoms with Crippen LogP contribution >= 0.6 is 11.3 Å². The molecule has 3 aromatic rings. The number of benzene rings is 1. The number of nitrogens with one attached hydrogen (secondary N) is 1. The predicted molar refractivity (Wildman–Crippen MR) is 91.8 cm³/mol. The second-order valence-electron chi connectivity index (χ2n) is 5.60. The summed E-state index contributed by atoms with van der Waals surface area (Å²) < 4.78 is 5.35. The Kier molecular flexibility index (Phi) is 3.95. The van der Waals surface area contributed by atoms with Crippen LogP contribution in [-0.2, 0) is 11.3 Å². The van der Waals surface area contributed by atoms with Crippen LogP contribution in [-0.4, -0.2) is 41.2 Å². The Morgan fingerprint density at radius 1 is 1.22 bits per heavy atom. The van der Waals surface area contributed by atoms with E-state index in [4.69, 9.17) is 4.74 Å². The minimum Gasteiger partial charge on any atom is -0.379 e. The summed E-state index contributed by atoms with van der Waals surface area (Å²) in [4.78, 5) is 24.1. The van der Waals surface area contributed by atoms with E-state index in [0.29, 0.717) is 11.9 Å². The van der Waals surface area contributed by atoms with Crippen molar-refractivity contribution < 1.29 is 4.74 Å². The molecule has 0 amide bonds.